The van der Waals surface area contributed by atoms with E-state index < -0.39 is 0 Å². The second-order valence-electron chi connectivity index (χ2n) is 3.93. The summed E-state index contributed by atoms with van der Waals surface area (Å²) in [6, 6.07) is 0.466. The van der Waals surface area contributed by atoms with Gasteiger partial charge in [-0.2, -0.15) is 0 Å². The lowest BCUT2D eigenvalue weighted by Crippen LogP contribution is -2.44. The standard InChI is InChI=1S/C10H19NO/c1-4-10(12)11-7-8(2)5-6-9(11)3/h8-9H,4-7H2,1-3H3. The predicted octanol–water partition coefficient (Wildman–Crippen LogP) is 2.04. The summed E-state index contributed by atoms with van der Waals surface area (Å²) in [6.45, 7) is 7.28. The quantitative estimate of drug-likeness (QED) is 0.588. The molecule has 2 atom stereocenters. The first-order chi connectivity index (χ1) is 5.65. The Hall–Kier alpha value is -0.530. The fourth-order valence-corrected chi connectivity index (χ4v) is 1.84. The largest absolute Gasteiger partial charge is 0.340 e. The molecule has 0 radical (unpaired) electrons. The number of hydrogen-bond acceptors (Lipinski definition) is 1. The fraction of sp³-hybridized carbons (Fsp3) is 0.900. The van der Waals surface area contributed by atoms with E-state index in [1.54, 1.807) is 0 Å². The molecule has 1 fully saturated rings. The Labute approximate surface area is 74.9 Å². The molecule has 0 bridgehead atoms. The van der Waals surface area contributed by atoms with Gasteiger partial charge in [0.15, 0.2) is 0 Å². The minimum atomic E-state index is 0.314. The van der Waals surface area contributed by atoms with Crippen LogP contribution in [0.5, 0.6) is 0 Å². The molecule has 1 amide bonds. The molecule has 2 unspecified atom stereocenters. The Morgan fingerprint density at radius 3 is 2.67 bits per heavy atom. The SMILES string of the molecule is CCC(=O)N1CC(C)CCC1C. The first-order valence-electron chi connectivity index (χ1n) is 4.94. The van der Waals surface area contributed by atoms with Gasteiger partial charge < -0.3 is 4.90 Å². The minimum Gasteiger partial charge on any atom is -0.340 e. The van der Waals surface area contributed by atoms with Crippen molar-refractivity contribution in [2.45, 2.75) is 46.1 Å². The highest BCUT2D eigenvalue weighted by atomic mass is 16.2. The van der Waals surface area contributed by atoms with Crippen LogP contribution in [0.2, 0.25) is 0 Å². The van der Waals surface area contributed by atoms with E-state index in [1.165, 1.54) is 12.8 Å². The third-order valence-corrected chi connectivity index (χ3v) is 2.74. The summed E-state index contributed by atoms with van der Waals surface area (Å²) in [5, 5.41) is 0. The van der Waals surface area contributed by atoms with Gasteiger partial charge >= 0.3 is 0 Å². The van der Waals surface area contributed by atoms with E-state index in [4.69, 9.17) is 0 Å². The lowest BCUT2D eigenvalue weighted by molar-refractivity contribution is -0.135. The highest BCUT2D eigenvalue weighted by Gasteiger charge is 2.25. The molecule has 12 heavy (non-hydrogen) atoms. The average molecular weight is 169 g/mol. The smallest absolute Gasteiger partial charge is 0.222 e. The monoisotopic (exact) mass is 169 g/mol. The second-order valence-corrected chi connectivity index (χ2v) is 3.93. The van der Waals surface area contributed by atoms with E-state index in [0.717, 1.165) is 6.54 Å². The molecular formula is C10H19NO. The molecule has 0 saturated carbocycles. The Morgan fingerprint density at radius 2 is 2.08 bits per heavy atom. The van der Waals surface area contributed by atoms with Crippen LogP contribution in [0.25, 0.3) is 0 Å². The molecule has 0 spiro atoms. The Kier molecular flexibility index (Phi) is 3.12. The molecule has 0 aromatic rings. The van der Waals surface area contributed by atoms with Gasteiger partial charge in [0.2, 0.25) is 5.91 Å². The van der Waals surface area contributed by atoms with Gasteiger partial charge in [-0.3, -0.25) is 4.79 Å². The molecule has 2 heteroatoms. The van der Waals surface area contributed by atoms with Gasteiger partial charge in [-0.1, -0.05) is 13.8 Å². The summed E-state index contributed by atoms with van der Waals surface area (Å²) in [4.78, 5) is 13.5. The summed E-state index contributed by atoms with van der Waals surface area (Å²) in [5.74, 6) is 1.01. The number of piperidine rings is 1. The van der Waals surface area contributed by atoms with Crippen LogP contribution in [0.1, 0.15) is 40.0 Å². The van der Waals surface area contributed by atoms with Gasteiger partial charge in [-0.15, -0.1) is 0 Å². The van der Waals surface area contributed by atoms with E-state index in [1.807, 2.05) is 11.8 Å². The van der Waals surface area contributed by atoms with Crippen LogP contribution in [-0.2, 0) is 4.79 Å². The van der Waals surface area contributed by atoms with Gasteiger partial charge in [-0.05, 0) is 25.7 Å². The predicted molar refractivity (Wildman–Crippen MR) is 49.9 cm³/mol. The number of rotatable bonds is 1. The van der Waals surface area contributed by atoms with Gasteiger partial charge in [0, 0.05) is 19.0 Å². The number of carbonyl (C=O) groups is 1. The van der Waals surface area contributed by atoms with Crippen LogP contribution in [0.3, 0.4) is 0 Å². The maximum Gasteiger partial charge on any atom is 0.222 e. The molecule has 0 aromatic heterocycles. The fourth-order valence-electron chi connectivity index (χ4n) is 1.84. The molecular weight excluding hydrogens is 150 g/mol. The van der Waals surface area contributed by atoms with Crippen molar-refractivity contribution < 1.29 is 4.79 Å². The van der Waals surface area contributed by atoms with Crippen LogP contribution in [0, 0.1) is 5.92 Å². The molecule has 1 rings (SSSR count). The Balaban J connectivity index is 2.54. The summed E-state index contributed by atoms with van der Waals surface area (Å²) in [5.41, 5.74) is 0. The zero-order chi connectivity index (χ0) is 9.14. The maximum atomic E-state index is 11.4. The number of nitrogens with zero attached hydrogens (tertiary/aromatic N) is 1. The van der Waals surface area contributed by atoms with Crippen molar-refractivity contribution in [1.29, 1.82) is 0 Å². The van der Waals surface area contributed by atoms with Crippen molar-refractivity contribution in [2.75, 3.05) is 6.54 Å². The van der Waals surface area contributed by atoms with Gasteiger partial charge in [-0.25, -0.2) is 0 Å². The Bertz CT molecular complexity index is 167. The zero-order valence-electron chi connectivity index (χ0n) is 8.34. The average Bonchev–Trinajstić information content (AvgIpc) is 2.08. The van der Waals surface area contributed by atoms with Crippen LogP contribution in [0.4, 0.5) is 0 Å². The first-order valence-corrected chi connectivity index (χ1v) is 4.94. The molecule has 70 valence electrons. The van der Waals surface area contributed by atoms with E-state index >= 15 is 0 Å². The third kappa shape index (κ3) is 1.99. The van der Waals surface area contributed by atoms with Crippen LogP contribution in [-0.4, -0.2) is 23.4 Å². The topological polar surface area (TPSA) is 20.3 Å². The van der Waals surface area contributed by atoms with Crippen molar-refractivity contribution in [2.24, 2.45) is 5.92 Å². The van der Waals surface area contributed by atoms with E-state index in [9.17, 15) is 4.79 Å². The molecule has 1 aliphatic heterocycles. The maximum absolute atomic E-state index is 11.4. The molecule has 1 heterocycles. The summed E-state index contributed by atoms with van der Waals surface area (Å²) >= 11 is 0. The molecule has 1 saturated heterocycles. The van der Waals surface area contributed by atoms with Crippen molar-refractivity contribution >= 4 is 5.91 Å². The summed E-state index contributed by atoms with van der Waals surface area (Å²) in [6.07, 6.45) is 3.10. The van der Waals surface area contributed by atoms with Crippen molar-refractivity contribution in [3.05, 3.63) is 0 Å². The molecule has 1 aliphatic rings. The second kappa shape index (κ2) is 3.92. The van der Waals surface area contributed by atoms with Gasteiger partial charge in [0.05, 0.1) is 0 Å². The van der Waals surface area contributed by atoms with Gasteiger partial charge in [0.25, 0.3) is 0 Å². The van der Waals surface area contributed by atoms with E-state index in [2.05, 4.69) is 13.8 Å². The van der Waals surface area contributed by atoms with E-state index in [-0.39, 0.29) is 0 Å². The number of amides is 1. The van der Waals surface area contributed by atoms with Gasteiger partial charge in [0.1, 0.15) is 0 Å². The van der Waals surface area contributed by atoms with Crippen molar-refractivity contribution in [3.63, 3.8) is 0 Å². The normalized spacial score (nSPS) is 30.4. The Morgan fingerprint density at radius 1 is 1.42 bits per heavy atom. The number of likely N-dealkylation sites (tertiary alicyclic amines) is 1. The molecule has 2 nitrogen and oxygen atoms in total. The van der Waals surface area contributed by atoms with Crippen LogP contribution >= 0.6 is 0 Å². The number of hydrogen-bond donors (Lipinski definition) is 0. The van der Waals surface area contributed by atoms with Crippen molar-refractivity contribution in [3.8, 4) is 0 Å². The molecule has 0 aromatic carbocycles. The minimum absolute atomic E-state index is 0.314. The van der Waals surface area contributed by atoms with Crippen LogP contribution < -0.4 is 0 Å². The highest BCUT2D eigenvalue weighted by Crippen LogP contribution is 2.21. The number of carbonyl (C=O) groups excluding carboxylic acids is 1. The lowest BCUT2D eigenvalue weighted by Gasteiger charge is -2.36. The van der Waals surface area contributed by atoms with E-state index in [0.29, 0.717) is 24.3 Å². The zero-order valence-corrected chi connectivity index (χ0v) is 8.34. The lowest BCUT2D eigenvalue weighted by atomic mass is 9.95. The van der Waals surface area contributed by atoms with Crippen LogP contribution in [0.15, 0.2) is 0 Å². The van der Waals surface area contributed by atoms with Crippen molar-refractivity contribution in [1.82, 2.24) is 4.90 Å². The summed E-state index contributed by atoms with van der Waals surface area (Å²) < 4.78 is 0. The first kappa shape index (κ1) is 9.56. The molecule has 0 N–H and O–H groups in total. The highest BCUT2D eigenvalue weighted by molar-refractivity contribution is 5.76. The summed E-state index contributed by atoms with van der Waals surface area (Å²) in [7, 11) is 0. The molecule has 0 aliphatic carbocycles. The third-order valence-electron chi connectivity index (χ3n) is 2.74.